The maximum absolute atomic E-state index is 12.2. The molecular formula is C16H21NO3. The average molecular weight is 275 g/mol. The lowest BCUT2D eigenvalue weighted by Gasteiger charge is -2.18. The van der Waals surface area contributed by atoms with E-state index in [-0.39, 0.29) is 24.5 Å². The highest BCUT2D eigenvalue weighted by molar-refractivity contribution is 5.85. The number of amides is 1. The smallest absolute Gasteiger partial charge is 0.230 e. The van der Waals surface area contributed by atoms with Crippen LogP contribution >= 0.6 is 0 Å². The minimum Gasteiger partial charge on any atom is -0.460 e. The number of nitrogens with one attached hydrogen (secondary N) is 1. The first-order valence-corrected chi connectivity index (χ1v) is 7.05. The molecule has 0 fully saturated rings. The van der Waals surface area contributed by atoms with Crippen molar-refractivity contribution in [1.82, 2.24) is 5.32 Å². The molecule has 0 aliphatic rings. The van der Waals surface area contributed by atoms with Gasteiger partial charge in [0.25, 0.3) is 0 Å². The van der Waals surface area contributed by atoms with Crippen molar-refractivity contribution in [3.63, 3.8) is 0 Å². The molecule has 1 aromatic carbocycles. The second-order valence-corrected chi connectivity index (χ2v) is 5.03. The maximum atomic E-state index is 12.2. The Morgan fingerprint density at radius 2 is 2.15 bits per heavy atom. The normalized spacial score (nSPS) is 14.2. The van der Waals surface area contributed by atoms with Crippen LogP contribution in [0.3, 0.4) is 0 Å². The Labute approximate surface area is 118 Å². The van der Waals surface area contributed by atoms with Gasteiger partial charge >= 0.3 is 0 Å². The molecule has 0 saturated carbocycles. The molecule has 2 unspecified atom stereocenters. The molecule has 1 aromatic heterocycles. The Morgan fingerprint density at radius 1 is 1.40 bits per heavy atom. The van der Waals surface area contributed by atoms with Crippen LogP contribution in [0.1, 0.15) is 38.4 Å². The molecule has 1 amide bonds. The van der Waals surface area contributed by atoms with Gasteiger partial charge in [-0.15, -0.1) is 0 Å². The van der Waals surface area contributed by atoms with Crippen molar-refractivity contribution >= 4 is 16.9 Å². The highest BCUT2D eigenvalue weighted by Gasteiger charge is 2.21. The van der Waals surface area contributed by atoms with E-state index in [1.807, 2.05) is 44.2 Å². The van der Waals surface area contributed by atoms with Gasteiger partial charge in [-0.2, -0.15) is 0 Å². The Balaban J connectivity index is 2.09. The number of aliphatic hydroxyl groups is 1. The van der Waals surface area contributed by atoms with Crippen molar-refractivity contribution in [2.24, 2.45) is 0 Å². The van der Waals surface area contributed by atoms with E-state index < -0.39 is 0 Å². The van der Waals surface area contributed by atoms with E-state index in [2.05, 4.69) is 5.32 Å². The molecule has 2 aromatic rings. The average Bonchev–Trinajstić information content (AvgIpc) is 2.89. The lowest BCUT2D eigenvalue weighted by atomic mass is 10.1. The number of para-hydroxylation sites is 1. The number of hydrogen-bond donors (Lipinski definition) is 2. The van der Waals surface area contributed by atoms with Crippen molar-refractivity contribution in [3.05, 3.63) is 36.1 Å². The minimum absolute atomic E-state index is 0.0133. The van der Waals surface area contributed by atoms with Crippen LogP contribution in [0.4, 0.5) is 0 Å². The second kappa shape index (κ2) is 6.57. The van der Waals surface area contributed by atoms with Gasteiger partial charge in [0.1, 0.15) is 11.3 Å². The monoisotopic (exact) mass is 275 g/mol. The van der Waals surface area contributed by atoms with Gasteiger partial charge in [-0.3, -0.25) is 4.79 Å². The van der Waals surface area contributed by atoms with Gasteiger partial charge in [0.15, 0.2) is 0 Å². The van der Waals surface area contributed by atoms with Crippen LogP contribution in [-0.2, 0) is 4.79 Å². The fraction of sp³-hybridized carbons (Fsp3) is 0.438. The van der Waals surface area contributed by atoms with Crippen molar-refractivity contribution in [2.75, 3.05) is 6.61 Å². The fourth-order valence-electron chi connectivity index (χ4n) is 2.21. The third-order valence-electron chi connectivity index (χ3n) is 3.58. The van der Waals surface area contributed by atoms with Gasteiger partial charge in [-0.05, 0) is 31.9 Å². The number of furan rings is 1. The number of aliphatic hydroxyl groups excluding tert-OH is 1. The van der Waals surface area contributed by atoms with Crippen LogP contribution in [0.5, 0.6) is 0 Å². The minimum atomic E-state index is -0.338. The molecule has 2 N–H and O–H groups in total. The summed E-state index contributed by atoms with van der Waals surface area (Å²) in [4.78, 5) is 12.2. The Morgan fingerprint density at radius 3 is 2.80 bits per heavy atom. The maximum Gasteiger partial charge on any atom is 0.230 e. The van der Waals surface area contributed by atoms with E-state index in [1.54, 1.807) is 0 Å². The topological polar surface area (TPSA) is 62.5 Å². The summed E-state index contributed by atoms with van der Waals surface area (Å²) in [5.74, 6) is 0.266. The SMILES string of the molecule is CCC(CCO)NC(=O)C(C)c1cc2ccccc2o1. The van der Waals surface area contributed by atoms with Crippen molar-refractivity contribution in [2.45, 2.75) is 38.6 Å². The summed E-state index contributed by atoms with van der Waals surface area (Å²) < 4.78 is 5.72. The van der Waals surface area contributed by atoms with Crippen molar-refractivity contribution in [3.8, 4) is 0 Å². The van der Waals surface area contributed by atoms with E-state index in [1.165, 1.54) is 0 Å². The first-order valence-electron chi connectivity index (χ1n) is 7.05. The lowest BCUT2D eigenvalue weighted by molar-refractivity contribution is -0.123. The highest BCUT2D eigenvalue weighted by atomic mass is 16.3. The third kappa shape index (κ3) is 3.20. The molecule has 4 nitrogen and oxygen atoms in total. The standard InChI is InChI=1S/C16H21NO3/c1-3-13(8-9-18)17-16(19)11(2)15-10-12-6-4-5-7-14(12)20-15/h4-7,10-11,13,18H,3,8-9H2,1-2H3,(H,17,19). The van der Waals surface area contributed by atoms with Gasteiger partial charge < -0.3 is 14.8 Å². The van der Waals surface area contributed by atoms with E-state index in [0.29, 0.717) is 12.2 Å². The molecule has 4 heteroatoms. The fourth-order valence-corrected chi connectivity index (χ4v) is 2.21. The quantitative estimate of drug-likeness (QED) is 0.852. The number of carbonyl (C=O) groups is 1. The highest BCUT2D eigenvalue weighted by Crippen LogP contribution is 2.25. The summed E-state index contributed by atoms with van der Waals surface area (Å²) in [6.45, 7) is 3.91. The molecule has 0 aliphatic carbocycles. The molecule has 1 heterocycles. The van der Waals surface area contributed by atoms with Gasteiger partial charge in [0, 0.05) is 18.0 Å². The zero-order chi connectivity index (χ0) is 14.5. The van der Waals surface area contributed by atoms with E-state index in [9.17, 15) is 4.79 Å². The number of rotatable bonds is 6. The largest absolute Gasteiger partial charge is 0.460 e. The van der Waals surface area contributed by atoms with Crippen molar-refractivity contribution < 1.29 is 14.3 Å². The Bertz CT molecular complexity index is 543. The van der Waals surface area contributed by atoms with Crippen LogP contribution in [0.15, 0.2) is 34.7 Å². The summed E-state index contributed by atoms with van der Waals surface area (Å²) in [7, 11) is 0. The number of fused-ring (bicyclic) bond motifs is 1. The molecule has 108 valence electrons. The zero-order valence-corrected chi connectivity index (χ0v) is 11.9. The molecule has 0 saturated heterocycles. The number of carbonyl (C=O) groups excluding carboxylic acids is 1. The molecule has 0 aliphatic heterocycles. The predicted molar refractivity (Wildman–Crippen MR) is 78.6 cm³/mol. The molecule has 2 atom stereocenters. The molecule has 0 radical (unpaired) electrons. The molecule has 0 spiro atoms. The van der Waals surface area contributed by atoms with Gasteiger partial charge in [-0.25, -0.2) is 0 Å². The number of benzene rings is 1. The predicted octanol–water partition coefficient (Wildman–Crippen LogP) is 2.81. The molecule has 0 bridgehead atoms. The van der Waals surface area contributed by atoms with Crippen LogP contribution in [0.2, 0.25) is 0 Å². The van der Waals surface area contributed by atoms with Gasteiger partial charge in [-0.1, -0.05) is 25.1 Å². The summed E-state index contributed by atoms with van der Waals surface area (Å²) in [5, 5.41) is 12.9. The summed E-state index contributed by atoms with van der Waals surface area (Å²) >= 11 is 0. The van der Waals surface area contributed by atoms with Crippen LogP contribution in [0.25, 0.3) is 11.0 Å². The second-order valence-electron chi connectivity index (χ2n) is 5.03. The third-order valence-corrected chi connectivity index (χ3v) is 3.58. The zero-order valence-electron chi connectivity index (χ0n) is 11.9. The Hall–Kier alpha value is -1.81. The summed E-state index contributed by atoms with van der Waals surface area (Å²) in [6.07, 6.45) is 1.38. The molecular weight excluding hydrogens is 254 g/mol. The van der Waals surface area contributed by atoms with Crippen molar-refractivity contribution in [1.29, 1.82) is 0 Å². The lowest BCUT2D eigenvalue weighted by Crippen LogP contribution is -2.37. The van der Waals surface area contributed by atoms with Crippen LogP contribution in [-0.4, -0.2) is 23.7 Å². The van der Waals surface area contributed by atoms with E-state index >= 15 is 0 Å². The first kappa shape index (κ1) is 14.6. The summed E-state index contributed by atoms with van der Waals surface area (Å²) in [5.41, 5.74) is 0.796. The van der Waals surface area contributed by atoms with Crippen LogP contribution in [0, 0.1) is 0 Å². The Kier molecular flexibility index (Phi) is 4.79. The first-order chi connectivity index (χ1) is 9.65. The van der Waals surface area contributed by atoms with Gasteiger partial charge in [0.05, 0.1) is 5.92 Å². The van der Waals surface area contributed by atoms with E-state index in [4.69, 9.17) is 9.52 Å². The summed E-state index contributed by atoms with van der Waals surface area (Å²) in [6, 6.07) is 9.64. The molecule has 20 heavy (non-hydrogen) atoms. The number of hydrogen-bond acceptors (Lipinski definition) is 3. The van der Waals surface area contributed by atoms with E-state index in [0.717, 1.165) is 17.4 Å². The molecule has 2 rings (SSSR count). The van der Waals surface area contributed by atoms with Gasteiger partial charge in [0.2, 0.25) is 5.91 Å². The van der Waals surface area contributed by atoms with Crippen LogP contribution < -0.4 is 5.32 Å².